The molecular formula is C11H14O3. The number of rotatable bonds is 4. The molecule has 1 heterocycles. The molecule has 0 radical (unpaired) electrons. The molecule has 0 saturated heterocycles. The molecule has 0 aliphatic rings. The van der Waals surface area contributed by atoms with Crippen LogP contribution in [0.5, 0.6) is 0 Å². The Morgan fingerprint density at radius 2 is 2.21 bits per heavy atom. The lowest BCUT2D eigenvalue weighted by atomic mass is 10.0. The molecular weight excluding hydrogens is 180 g/mol. The second-order valence-corrected chi connectivity index (χ2v) is 3.27. The van der Waals surface area contributed by atoms with Crippen LogP contribution in [0.4, 0.5) is 0 Å². The Hall–Kier alpha value is -1.38. The highest BCUT2D eigenvalue weighted by Crippen LogP contribution is 2.08. The van der Waals surface area contributed by atoms with Gasteiger partial charge in [-0.05, 0) is 31.4 Å². The van der Waals surface area contributed by atoms with Crippen LogP contribution in [0.1, 0.15) is 42.6 Å². The molecule has 1 aromatic rings. The van der Waals surface area contributed by atoms with Crippen molar-refractivity contribution in [2.45, 2.75) is 33.1 Å². The highest BCUT2D eigenvalue weighted by Gasteiger charge is 2.12. The molecule has 0 aromatic carbocycles. The molecule has 3 nitrogen and oxygen atoms in total. The maximum atomic E-state index is 11.3. The maximum Gasteiger partial charge on any atom is 0.346 e. The number of carbonyl (C=O) groups excluding carboxylic acids is 1. The number of ketones is 1. The van der Waals surface area contributed by atoms with Crippen molar-refractivity contribution < 1.29 is 9.21 Å². The summed E-state index contributed by atoms with van der Waals surface area (Å²) in [5.41, 5.74) is 0.489. The molecule has 0 saturated carbocycles. The Morgan fingerprint density at radius 3 is 2.79 bits per heavy atom. The third-order valence-corrected chi connectivity index (χ3v) is 2.12. The summed E-state index contributed by atoms with van der Waals surface area (Å²) in [6, 6.07) is 1.70. The standard InChI is InChI=1S/C11H14O3/c1-3-4-5-9-6-7-14-11(13)10(9)8(2)12/h6-7H,3-5H2,1-2H3. The smallest absolute Gasteiger partial charge is 0.346 e. The van der Waals surface area contributed by atoms with Gasteiger partial charge in [-0.15, -0.1) is 0 Å². The van der Waals surface area contributed by atoms with Gasteiger partial charge in [0.1, 0.15) is 5.56 Å². The van der Waals surface area contributed by atoms with E-state index in [2.05, 4.69) is 11.3 Å². The molecule has 0 atom stereocenters. The van der Waals surface area contributed by atoms with Crippen molar-refractivity contribution in [2.24, 2.45) is 0 Å². The highest BCUT2D eigenvalue weighted by molar-refractivity contribution is 5.94. The van der Waals surface area contributed by atoms with Gasteiger partial charge in [0.25, 0.3) is 0 Å². The lowest BCUT2D eigenvalue weighted by molar-refractivity contribution is 0.101. The van der Waals surface area contributed by atoms with Crippen molar-refractivity contribution in [1.29, 1.82) is 0 Å². The van der Waals surface area contributed by atoms with E-state index in [1.165, 1.54) is 13.2 Å². The molecule has 0 spiro atoms. The Kier molecular flexibility index (Phi) is 3.63. The Bertz CT molecular complexity index is 376. The van der Waals surface area contributed by atoms with E-state index in [-0.39, 0.29) is 11.3 Å². The van der Waals surface area contributed by atoms with Crippen molar-refractivity contribution in [2.75, 3.05) is 0 Å². The average Bonchev–Trinajstić information content (AvgIpc) is 2.14. The largest absolute Gasteiger partial charge is 0.431 e. The van der Waals surface area contributed by atoms with Gasteiger partial charge in [-0.25, -0.2) is 4.79 Å². The summed E-state index contributed by atoms with van der Waals surface area (Å²) in [6.07, 6.45) is 4.12. The third kappa shape index (κ3) is 2.31. The van der Waals surface area contributed by atoms with E-state index in [0.29, 0.717) is 0 Å². The maximum absolute atomic E-state index is 11.3. The SMILES string of the molecule is CCCCc1ccoc(=O)c1C(C)=O. The van der Waals surface area contributed by atoms with E-state index >= 15 is 0 Å². The first-order valence-electron chi connectivity index (χ1n) is 4.78. The fourth-order valence-corrected chi connectivity index (χ4v) is 1.40. The van der Waals surface area contributed by atoms with Crippen molar-refractivity contribution in [1.82, 2.24) is 0 Å². The molecule has 1 rings (SSSR count). The zero-order valence-electron chi connectivity index (χ0n) is 8.50. The van der Waals surface area contributed by atoms with Gasteiger partial charge in [0.05, 0.1) is 6.26 Å². The fourth-order valence-electron chi connectivity index (χ4n) is 1.40. The molecule has 0 aliphatic heterocycles. The fraction of sp³-hybridized carbons (Fsp3) is 0.455. The summed E-state index contributed by atoms with van der Waals surface area (Å²) in [5, 5.41) is 0. The second-order valence-electron chi connectivity index (χ2n) is 3.27. The molecule has 0 aliphatic carbocycles. The normalized spacial score (nSPS) is 10.1. The van der Waals surface area contributed by atoms with E-state index in [0.717, 1.165) is 24.8 Å². The number of carbonyl (C=O) groups is 1. The van der Waals surface area contributed by atoms with E-state index in [9.17, 15) is 9.59 Å². The number of hydrogen-bond donors (Lipinski definition) is 0. The van der Waals surface area contributed by atoms with E-state index in [1.54, 1.807) is 6.07 Å². The third-order valence-electron chi connectivity index (χ3n) is 2.12. The van der Waals surface area contributed by atoms with Crippen LogP contribution in [0, 0.1) is 0 Å². The van der Waals surface area contributed by atoms with Gasteiger partial charge in [-0.2, -0.15) is 0 Å². The minimum absolute atomic E-state index is 0.209. The predicted octanol–water partition coefficient (Wildman–Crippen LogP) is 2.19. The summed E-state index contributed by atoms with van der Waals surface area (Å²) in [4.78, 5) is 22.4. The van der Waals surface area contributed by atoms with E-state index in [4.69, 9.17) is 0 Å². The minimum atomic E-state index is -0.522. The molecule has 76 valence electrons. The van der Waals surface area contributed by atoms with Crippen LogP contribution in [-0.2, 0) is 6.42 Å². The highest BCUT2D eigenvalue weighted by atomic mass is 16.4. The zero-order chi connectivity index (χ0) is 10.6. The molecule has 0 amide bonds. The monoisotopic (exact) mass is 194 g/mol. The minimum Gasteiger partial charge on any atom is -0.431 e. The van der Waals surface area contributed by atoms with Gasteiger partial charge in [0, 0.05) is 0 Å². The molecule has 3 heteroatoms. The lowest BCUT2D eigenvalue weighted by Gasteiger charge is -2.02. The molecule has 0 N–H and O–H groups in total. The van der Waals surface area contributed by atoms with Gasteiger partial charge in [-0.1, -0.05) is 13.3 Å². The van der Waals surface area contributed by atoms with Crippen molar-refractivity contribution in [3.63, 3.8) is 0 Å². The van der Waals surface area contributed by atoms with Gasteiger partial charge in [-0.3, -0.25) is 4.79 Å². The van der Waals surface area contributed by atoms with E-state index < -0.39 is 5.63 Å². The Morgan fingerprint density at radius 1 is 1.50 bits per heavy atom. The van der Waals surface area contributed by atoms with Gasteiger partial charge < -0.3 is 4.42 Å². The van der Waals surface area contributed by atoms with Crippen LogP contribution in [0.3, 0.4) is 0 Å². The summed E-state index contributed by atoms with van der Waals surface area (Å²) >= 11 is 0. The van der Waals surface area contributed by atoms with Crippen LogP contribution < -0.4 is 5.63 Å². The van der Waals surface area contributed by atoms with E-state index in [1.807, 2.05) is 0 Å². The van der Waals surface area contributed by atoms with Gasteiger partial charge in [0.15, 0.2) is 5.78 Å². The Balaban J connectivity index is 3.08. The zero-order valence-corrected chi connectivity index (χ0v) is 8.50. The molecule has 14 heavy (non-hydrogen) atoms. The number of hydrogen-bond acceptors (Lipinski definition) is 3. The van der Waals surface area contributed by atoms with Crippen molar-refractivity contribution in [3.8, 4) is 0 Å². The summed E-state index contributed by atoms with van der Waals surface area (Å²) in [5.74, 6) is -0.217. The first-order chi connectivity index (χ1) is 6.66. The quantitative estimate of drug-likeness (QED) is 0.690. The van der Waals surface area contributed by atoms with Crippen LogP contribution in [0.25, 0.3) is 0 Å². The summed E-state index contributed by atoms with van der Waals surface area (Å²) in [6.45, 7) is 3.46. The first kappa shape index (κ1) is 10.7. The summed E-state index contributed by atoms with van der Waals surface area (Å²) in [7, 11) is 0. The number of aryl methyl sites for hydroxylation is 1. The molecule has 0 bridgehead atoms. The van der Waals surface area contributed by atoms with Crippen LogP contribution >= 0.6 is 0 Å². The summed E-state index contributed by atoms with van der Waals surface area (Å²) < 4.78 is 4.66. The van der Waals surface area contributed by atoms with Crippen LogP contribution in [-0.4, -0.2) is 5.78 Å². The lowest BCUT2D eigenvalue weighted by Crippen LogP contribution is -2.14. The van der Waals surface area contributed by atoms with Gasteiger partial charge in [0.2, 0.25) is 0 Å². The van der Waals surface area contributed by atoms with Crippen molar-refractivity contribution in [3.05, 3.63) is 33.9 Å². The van der Waals surface area contributed by atoms with Gasteiger partial charge >= 0.3 is 5.63 Å². The topological polar surface area (TPSA) is 47.3 Å². The van der Waals surface area contributed by atoms with Crippen LogP contribution in [0.2, 0.25) is 0 Å². The van der Waals surface area contributed by atoms with Crippen LogP contribution in [0.15, 0.2) is 21.5 Å². The number of unbranched alkanes of at least 4 members (excludes halogenated alkanes) is 1. The number of Topliss-reactive ketones (excluding diaryl/α,β-unsaturated/α-hetero) is 1. The average molecular weight is 194 g/mol. The first-order valence-corrected chi connectivity index (χ1v) is 4.78. The van der Waals surface area contributed by atoms with Crippen molar-refractivity contribution >= 4 is 5.78 Å². The predicted molar refractivity (Wildman–Crippen MR) is 53.6 cm³/mol. The molecule has 0 fully saturated rings. The molecule has 1 aromatic heterocycles. The molecule has 0 unspecified atom stereocenters. The second kappa shape index (κ2) is 4.74. The Labute approximate surface area is 82.7 Å².